The Bertz CT molecular complexity index is 769. The zero-order chi connectivity index (χ0) is 25.6. The molecule has 0 saturated heterocycles. The van der Waals surface area contributed by atoms with Gasteiger partial charge in [-0.25, -0.2) is 4.79 Å². The Kier molecular flexibility index (Phi) is 13.5. The van der Waals surface area contributed by atoms with Gasteiger partial charge >= 0.3 is 5.97 Å². The Labute approximate surface area is 211 Å². The van der Waals surface area contributed by atoms with E-state index in [0.29, 0.717) is 18.4 Å². The minimum atomic E-state index is -1.57. The van der Waals surface area contributed by atoms with Crippen LogP contribution in [-0.4, -0.2) is 35.3 Å². The molecule has 3 nitrogen and oxygen atoms in total. The average molecular weight is 501 g/mol. The average Bonchev–Trinajstić information content (AvgIpc) is 2.88. The van der Waals surface area contributed by atoms with Gasteiger partial charge in [0.1, 0.15) is 12.4 Å². The van der Waals surface area contributed by atoms with Gasteiger partial charge in [0.05, 0.1) is 22.8 Å². The first-order chi connectivity index (χ1) is 16.3. The summed E-state index contributed by atoms with van der Waals surface area (Å²) in [4.78, 5) is 12.1. The van der Waals surface area contributed by atoms with Crippen LogP contribution in [0, 0.1) is 0 Å². The largest absolute Gasteiger partial charge is 0.489 e. The first kappa shape index (κ1) is 30.2. The highest BCUT2D eigenvalue weighted by atomic mass is 28.4. The van der Waals surface area contributed by atoms with E-state index in [2.05, 4.69) is 66.3 Å². The van der Waals surface area contributed by atoms with Crippen LogP contribution in [-0.2, 0) is 14.3 Å². The molecule has 0 spiro atoms. The molecule has 0 N–H and O–H groups in total. The van der Waals surface area contributed by atoms with Crippen molar-refractivity contribution >= 4 is 27.7 Å². The molecule has 34 heavy (non-hydrogen) atoms. The molecule has 5 heteroatoms. The molecule has 0 atom stereocenters. The van der Waals surface area contributed by atoms with Crippen LogP contribution < -0.4 is 0 Å². The number of rotatable bonds is 16. The molecule has 1 aromatic carbocycles. The van der Waals surface area contributed by atoms with Crippen molar-refractivity contribution < 1.29 is 14.3 Å². The van der Waals surface area contributed by atoms with Crippen molar-refractivity contribution in [3.63, 3.8) is 0 Å². The summed E-state index contributed by atoms with van der Waals surface area (Å²) < 4.78 is 11.5. The maximum atomic E-state index is 12.1. The maximum Gasteiger partial charge on any atom is 0.330 e. The molecular formula is C29H48O3Si2. The van der Waals surface area contributed by atoms with E-state index < -0.39 is 16.1 Å². The van der Waals surface area contributed by atoms with Crippen molar-refractivity contribution in [2.45, 2.75) is 89.9 Å². The topological polar surface area (TPSA) is 35.5 Å². The standard InChI is InChI=1S/C29H48O3Si2/c1-9-31-28(30)22-21-27(32-24-25(8)26-19-17-16-18-20-26)23-29(33(10-2,11-3)12-4)34(13-5,14-6)15-7/h16-23,29H,8-15,24H2,1-7H3/b22-21+,27-23-. The van der Waals surface area contributed by atoms with E-state index in [4.69, 9.17) is 9.47 Å². The smallest absolute Gasteiger partial charge is 0.330 e. The van der Waals surface area contributed by atoms with Gasteiger partial charge in [-0.2, -0.15) is 0 Å². The normalized spacial score (nSPS) is 12.9. The molecule has 0 saturated carbocycles. The quantitative estimate of drug-likeness (QED) is 0.0749. The summed E-state index contributed by atoms with van der Waals surface area (Å²) in [5.41, 5.74) is 2.01. The van der Waals surface area contributed by atoms with E-state index in [-0.39, 0.29) is 5.97 Å². The second-order valence-corrected chi connectivity index (χ2v) is 20.7. The highest BCUT2D eigenvalue weighted by molar-refractivity contribution is 7.00. The van der Waals surface area contributed by atoms with E-state index in [9.17, 15) is 4.79 Å². The summed E-state index contributed by atoms with van der Waals surface area (Å²) in [6.07, 6.45) is 5.76. The van der Waals surface area contributed by atoms with Crippen molar-refractivity contribution in [1.82, 2.24) is 0 Å². The van der Waals surface area contributed by atoms with Crippen LogP contribution in [0.5, 0.6) is 0 Å². The summed E-state index contributed by atoms with van der Waals surface area (Å²) >= 11 is 0. The Morgan fingerprint density at radius 1 is 0.824 bits per heavy atom. The van der Waals surface area contributed by atoms with Crippen LogP contribution in [0.3, 0.4) is 0 Å². The number of carbonyl (C=O) groups is 1. The van der Waals surface area contributed by atoms with Crippen molar-refractivity contribution in [3.8, 4) is 0 Å². The monoisotopic (exact) mass is 500 g/mol. The molecule has 1 rings (SSSR count). The number of hydrogen-bond acceptors (Lipinski definition) is 3. The molecule has 0 aliphatic rings. The van der Waals surface area contributed by atoms with Crippen molar-refractivity contribution in [2.24, 2.45) is 0 Å². The van der Waals surface area contributed by atoms with Gasteiger partial charge in [0, 0.05) is 6.08 Å². The third-order valence-corrected chi connectivity index (χ3v) is 23.2. The fraction of sp³-hybridized carbons (Fsp3) is 0.552. The molecular weight excluding hydrogens is 452 g/mol. The minimum Gasteiger partial charge on any atom is -0.489 e. The number of carbonyl (C=O) groups excluding carboxylic acids is 1. The van der Waals surface area contributed by atoms with Gasteiger partial charge < -0.3 is 9.47 Å². The van der Waals surface area contributed by atoms with E-state index in [1.165, 1.54) is 42.3 Å². The fourth-order valence-electron chi connectivity index (χ4n) is 5.41. The number of esters is 1. The molecule has 0 aliphatic heterocycles. The van der Waals surface area contributed by atoms with Crippen LogP contribution in [0.15, 0.2) is 60.9 Å². The number of benzene rings is 1. The zero-order valence-corrected chi connectivity index (χ0v) is 24.8. The predicted octanol–water partition coefficient (Wildman–Crippen LogP) is 8.65. The van der Waals surface area contributed by atoms with Gasteiger partial charge in [-0.3, -0.25) is 0 Å². The zero-order valence-electron chi connectivity index (χ0n) is 22.8. The number of hydrogen-bond donors (Lipinski definition) is 0. The van der Waals surface area contributed by atoms with Gasteiger partial charge in [0.15, 0.2) is 0 Å². The van der Waals surface area contributed by atoms with E-state index >= 15 is 0 Å². The minimum absolute atomic E-state index is 0.328. The van der Waals surface area contributed by atoms with E-state index in [1.54, 1.807) is 0 Å². The van der Waals surface area contributed by atoms with Crippen LogP contribution in [0.25, 0.3) is 5.57 Å². The van der Waals surface area contributed by atoms with Gasteiger partial charge in [0.2, 0.25) is 0 Å². The first-order valence-electron chi connectivity index (χ1n) is 13.2. The molecule has 190 valence electrons. The molecule has 0 heterocycles. The summed E-state index contributed by atoms with van der Waals surface area (Å²) in [6.45, 7) is 21.2. The second-order valence-electron chi connectivity index (χ2n) is 9.24. The Morgan fingerprint density at radius 3 is 1.76 bits per heavy atom. The molecule has 0 aliphatic carbocycles. The lowest BCUT2D eigenvalue weighted by Gasteiger charge is -2.47. The van der Waals surface area contributed by atoms with Crippen LogP contribution >= 0.6 is 0 Å². The van der Waals surface area contributed by atoms with Crippen molar-refractivity contribution in [1.29, 1.82) is 0 Å². The van der Waals surface area contributed by atoms with Crippen LogP contribution in [0.4, 0.5) is 0 Å². The summed E-state index contributed by atoms with van der Waals surface area (Å²) in [6, 6.07) is 17.8. The molecule has 0 unspecified atom stereocenters. The predicted molar refractivity (Wildman–Crippen MR) is 153 cm³/mol. The molecule has 0 bridgehead atoms. The van der Waals surface area contributed by atoms with Gasteiger partial charge in [-0.1, -0.05) is 115 Å². The van der Waals surface area contributed by atoms with Crippen molar-refractivity contribution in [3.05, 3.63) is 66.5 Å². The molecule has 0 fully saturated rings. The Morgan fingerprint density at radius 2 is 1.32 bits per heavy atom. The highest BCUT2D eigenvalue weighted by Crippen LogP contribution is 2.46. The molecule has 1 aromatic rings. The summed E-state index contributed by atoms with van der Waals surface area (Å²) in [5.74, 6) is 0.458. The SMILES string of the molecule is C=C(COC(=C\C([Si](CC)(CC)CC)[Si](CC)(CC)CC)/C=C/C(=O)OCC)c1ccccc1. The Balaban J connectivity index is 3.50. The van der Waals surface area contributed by atoms with Gasteiger partial charge in [-0.15, -0.1) is 0 Å². The van der Waals surface area contributed by atoms with E-state index in [0.717, 1.165) is 16.9 Å². The summed E-state index contributed by atoms with van der Waals surface area (Å²) in [7, 11) is -3.13. The van der Waals surface area contributed by atoms with Crippen molar-refractivity contribution in [2.75, 3.05) is 13.2 Å². The first-order valence-corrected chi connectivity index (χ1v) is 18.6. The summed E-state index contributed by atoms with van der Waals surface area (Å²) in [5, 5.41) is 0.604. The number of allylic oxidation sites excluding steroid dienone is 2. The third-order valence-electron chi connectivity index (χ3n) is 8.14. The number of ether oxygens (including phenoxy) is 2. The fourth-order valence-corrected chi connectivity index (χ4v) is 21.0. The highest BCUT2D eigenvalue weighted by Gasteiger charge is 2.47. The lowest BCUT2D eigenvalue weighted by molar-refractivity contribution is -0.137. The lowest BCUT2D eigenvalue weighted by Crippen LogP contribution is -2.52. The third kappa shape index (κ3) is 7.84. The molecule has 0 aromatic heterocycles. The van der Waals surface area contributed by atoms with Crippen LogP contribution in [0.1, 0.15) is 54.0 Å². The van der Waals surface area contributed by atoms with Gasteiger partial charge in [0.25, 0.3) is 0 Å². The maximum absolute atomic E-state index is 12.1. The second kappa shape index (κ2) is 15.2. The molecule has 0 radical (unpaired) electrons. The van der Waals surface area contributed by atoms with Gasteiger partial charge in [-0.05, 0) is 35.4 Å². The Hall–Kier alpha value is -1.86. The van der Waals surface area contributed by atoms with Crippen LogP contribution in [0.2, 0.25) is 41.4 Å². The molecule has 0 amide bonds. The van der Waals surface area contributed by atoms with E-state index in [1.807, 2.05) is 31.2 Å². The lowest BCUT2D eigenvalue weighted by atomic mass is 10.1.